The highest BCUT2D eigenvalue weighted by atomic mass is 16.6. The first-order valence-corrected chi connectivity index (χ1v) is 30.2. The molecule has 10 atom stereocenters. The SMILES string of the molecule is CC(C)C(NC(=O)CCOCCOCCOCCOCCOCCOCCN1C(=O)C=CC1=O)C(=O)NCC(=O)Nc1ccc(COC(=O)N(C)CCN(C)C(=O)Oc2cc3c(c4ccccc24)CCN3C(=O)C23C4CC5C2C26C4C3C2C56C=O)cc1. The molecule has 9 aliphatic rings. The van der Waals surface area contributed by atoms with E-state index in [9.17, 15) is 43.2 Å². The zero-order chi connectivity index (χ0) is 61.2. The number of benzene rings is 3. The van der Waals surface area contributed by atoms with E-state index in [1.165, 1.54) is 28.2 Å². The van der Waals surface area contributed by atoms with Crippen molar-refractivity contribution in [3.05, 3.63) is 77.9 Å². The number of aldehydes is 1. The van der Waals surface area contributed by atoms with Crippen molar-refractivity contribution in [1.29, 1.82) is 0 Å². The van der Waals surface area contributed by atoms with Crippen LogP contribution in [0.5, 0.6) is 5.75 Å². The standard InChI is InChI=1S/C63H77N7O17/c1-38(2)54(66-48(72)16-21-80-23-25-82-27-29-84-31-32-85-30-28-83-26-24-81-22-20-70-50(74)13-14-51(70)75)57(76)64-35-49(73)65-40-11-9-39(10-12-40)36-86-59(78)67(3)18-19-68(4)60(79)87-47-34-46-42(41-7-5-6-8-43(41)47)15-17-69(46)58(77)62-44-33-45-55(62)63-52(44)53(62)56(63)61(45,63)37-71/h5-14,34,37-38,44-45,52-56H,15-33,35-36H2,1-4H3,(H,64,76)(H,65,73)(H,66,72). The van der Waals surface area contributed by atoms with E-state index in [4.69, 9.17) is 37.9 Å². The highest BCUT2D eigenvalue weighted by Crippen LogP contribution is 3.17. The number of imide groups is 1. The van der Waals surface area contributed by atoms with Gasteiger partial charge in [0.05, 0.1) is 103 Å². The maximum atomic E-state index is 14.8. The number of amides is 8. The topological polar surface area (TPSA) is 277 Å². The van der Waals surface area contributed by atoms with Gasteiger partial charge in [0.25, 0.3) is 11.8 Å². The average molecular weight is 1200 g/mol. The van der Waals surface area contributed by atoms with Crippen LogP contribution in [0, 0.1) is 57.7 Å². The van der Waals surface area contributed by atoms with Crippen LogP contribution in [0.3, 0.4) is 0 Å². The second kappa shape index (κ2) is 25.8. The molecule has 0 radical (unpaired) electrons. The number of ether oxygens (including phenoxy) is 8. The number of carbonyl (C=O) groups excluding carboxylic acids is 9. The van der Waals surface area contributed by atoms with Crippen LogP contribution in [-0.4, -0.2) is 201 Å². The first-order valence-electron chi connectivity index (χ1n) is 30.2. The number of nitrogens with one attached hydrogen (secondary N) is 3. The minimum absolute atomic E-state index is 0.0147. The molecule has 87 heavy (non-hydrogen) atoms. The van der Waals surface area contributed by atoms with Crippen LogP contribution >= 0.6 is 0 Å². The van der Waals surface area contributed by atoms with Gasteiger partial charge in [-0.15, -0.1) is 0 Å². The van der Waals surface area contributed by atoms with E-state index in [0.29, 0.717) is 125 Å². The van der Waals surface area contributed by atoms with Gasteiger partial charge in [0.15, 0.2) is 0 Å². The first-order chi connectivity index (χ1) is 42.1. The molecule has 7 saturated carbocycles. The number of hydrogen-bond acceptors (Lipinski definition) is 17. The van der Waals surface area contributed by atoms with Crippen LogP contribution in [0.4, 0.5) is 21.0 Å². The lowest BCUT2D eigenvalue weighted by molar-refractivity contribution is -0.159. The van der Waals surface area contributed by atoms with Gasteiger partial charge in [-0.2, -0.15) is 0 Å². The van der Waals surface area contributed by atoms with Gasteiger partial charge in [-0.05, 0) is 88.3 Å². The van der Waals surface area contributed by atoms with Crippen molar-refractivity contribution in [1.82, 2.24) is 25.3 Å². The molecule has 0 saturated heterocycles. The molecule has 2 aliphatic heterocycles. The molecular weight excluding hydrogens is 1130 g/mol. The zero-order valence-corrected chi connectivity index (χ0v) is 49.6. The van der Waals surface area contributed by atoms with E-state index >= 15 is 0 Å². The molecule has 3 aromatic carbocycles. The van der Waals surface area contributed by atoms with Gasteiger partial charge in [-0.25, -0.2) is 9.59 Å². The second-order valence-corrected chi connectivity index (χ2v) is 24.1. The fourth-order valence-corrected chi connectivity index (χ4v) is 16.0. The Labute approximate surface area is 504 Å². The Hall–Kier alpha value is -7.35. The van der Waals surface area contributed by atoms with Crippen LogP contribution in [0.15, 0.2) is 66.7 Å². The Balaban J connectivity index is 0.514. The Kier molecular flexibility index (Phi) is 18.2. The maximum Gasteiger partial charge on any atom is 0.415 e. The molecule has 10 unspecified atom stereocenters. The molecular formula is C63H77N7O17. The number of anilines is 2. The number of carbonyl (C=O) groups is 9. The Morgan fingerprint density at radius 1 is 0.713 bits per heavy atom. The van der Waals surface area contributed by atoms with Gasteiger partial charge in [-0.3, -0.25) is 33.7 Å². The summed E-state index contributed by atoms with van der Waals surface area (Å²) in [5.41, 5.74) is 2.63. The molecule has 24 nitrogen and oxygen atoms in total. The monoisotopic (exact) mass is 1200 g/mol. The third kappa shape index (κ3) is 10.9. The summed E-state index contributed by atoms with van der Waals surface area (Å²) in [6.45, 7) is 8.07. The Bertz CT molecular complexity index is 3170. The minimum Gasteiger partial charge on any atom is -0.445 e. The number of nitrogens with zero attached hydrogens (tertiary/aromatic N) is 4. The lowest BCUT2D eigenvalue weighted by Gasteiger charge is -2.58. The fourth-order valence-electron chi connectivity index (χ4n) is 16.0. The number of rotatable bonds is 35. The molecule has 24 heteroatoms. The summed E-state index contributed by atoms with van der Waals surface area (Å²) in [7, 11) is 3.16. The summed E-state index contributed by atoms with van der Waals surface area (Å²) in [6, 6.07) is 15.4. The summed E-state index contributed by atoms with van der Waals surface area (Å²) in [5, 5.41) is 9.75. The summed E-state index contributed by atoms with van der Waals surface area (Å²) < 4.78 is 44.4. The third-order valence-corrected chi connectivity index (χ3v) is 19.5. The van der Waals surface area contributed by atoms with E-state index in [0.717, 1.165) is 33.3 Å². The normalized spacial score (nSPS) is 26.0. The van der Waals surface area contributed by atoms with Crippen molar-refractivity contribution < 1.29 is 81.0 Å². The lowest BCUT2D eigenvalue weighted by atomic mass is 9.45. The van der Waals surface area contributed by atoms with E-state index in [1.54, 1.807) is 52.2 Å². The number of fused-ring (bicyclic) bond motifs is 4. The minimum atomic E-state index is -0.887. The van der Waals surface area contributed by atoms with Crippen LogP contribution < -0.4 is 25.6 Å². The van der Waals surface area contributed by atoms with Gasteiger partial charge >= 0.3 is 12.2 Å². The maximum absolute atomic E-state index is 14.8. The van der Waals surface area contributed by atoms with E-state index in [-0.39, 0.29) is 105 Å². The summed E-state index contributed by atoms with van der Waals surface area (Å²) in [4.78, 5) is 121. The zero-order valence-electron chi connectivity index (χ0n) is 49.6. The lowest BCUT2D eigenvalue weighted by Crippen LogP contribution is -2.62. The molecule has 8 amide bonds. The Morgan fingerprint density at radius 2 is 1.31 bits per heavy atom. The smallest absolute Gasteiger partial charge is 0.415 e. The van der Waals surface area contributed by atoms with Crippen LogP contribution in [0.1, 0.15) is 37.8 Å². The van der Waals surface area contributed by atoms with Crippen molar-refractivity contribution in [2.75, 3.05) is 136 Å². The van der Waals surface area contributed by atoms with Gasteiger partial charge in [0.1, 0.15) is 24.7 Å². The van der Waals surface area contributed by atoms with E-state index in [1.807, 2.05) is 35.2 Å². The molecule has 0 aromatic heterocycles. The van der Waals surface area contributed by atoms with Crippen LogP contribution in [0.25, 0.3) is 10.8 Å². The van der Waals surface area contributed by atoms with Crippen molar-refractivity contribution in [3.63, 3.8) is 0 Å². The highest BCUT2D eigenvalue weighted by molar-refractivity contribution is 6.13. The molecule has 3 N–H and O–H groups in total. The predicted octanol–water partition coefficient (Wildman–Crippen LogP) is 3.37. The molecule has 2 heterocycles. The highest BCUT2D eigenvalue weighted by Gasteiger charge is 3.18. The fraction of sp³-hybridized carbons (Fsp3) is 0.571. The third-order valence-electron chi connectivity index (χ3n) is 19.5. The van der Waals surface area contributed by atoms with Crippen LogP contribution in [-0.2, 0) is 79.7 Å². The Morgan fingerprint density at radius 3 is 1.93 bits per heavy atom. The average Bonchev–Trinajstić information content (AvgIpc) is 1.33. The summed E-state index contributed by atoms with van der Waals surface area (Å²) in [5.74, 6) is 0.625. The molecule has 7 fully saturated rings. The quantitative estimate of drug-likeness (QED) is 0.0433. The van der Waals surface area contributed by atoms with Crippen molar-refractivity contribution in [3.8, 4) is 5.75 Å². The largest absolute Gasteiger partial charge is 0.445 e. The molecule has 4 bridgehead atoms. The molecule has 12 rings (SSSR count). The first kappa shape index (κ1) is 61.3. The van der Waals surface area contributed by atoms with Crippen molar-refractivity contribution in [2.24, 2.45) is 57.7 Å². The van der Waals surface area contributed by atoms with Crippen LogP contribution in [0.2, 0.25) is 0 Å². The van der Waals surface area contributed by atoms with Crippen molar-refractivity contribution in [2.45, 2.75) is 45.8 Å². The van der Waals surface area contributed by atoms with E-state index < -0.39 is 30.0 Å². The predicted molar refractivity (Wildman–Crippen MR) is 311 cm³/mol. The molecule has 3 aromatic rings. The van der Waals surface area contributed by atoms with Gasteiger partial charge in [-0.1, -0.05) is 50.2 Å². The van der Waals surface area contributed by atoms with Gasteiger partial charge in [0, 0.05) is 74.9 Å². The second-order valence-electron chi connectivity index (χ2n) is 24.1. The van der Waals surface area contributed by atoms with E-state index in [2.05, 4.69) is 16.0 Å². The molecule has 1 spiro atoms. The van der Waals surface area contributed by atoms with Crippen molar-refractivity contribution >= 4 is 76.1 Å². The summed E-state index contributed by atoms with van der Waals surface area (Å²) in [6.07, 6.45) is 4.22. The number of hydrogen-bond donors (Lipinski definition) is 3. The van der Waals surface area contributed by atoms with Gasteiger partial charge in [0.2, 0.25) is 23.6 Å². The summed E-state index contributed by atoms with van der Waals surface area (Å²) >= 11 is 0. The molecule has 466 valence electrons. The molecule has 7 aliphatic carbocycles. The van der Waals surface area contributed by atoms with Gasteiger partial charge < -0.3 is 73.3 Å². The number of likely N-dealkylation sites (N-methyl/N-ethyl adjacent to an activating group) is 2.